The van der Waals surface area contributed by atoms with Crippen molar-refractivity contribution >= 4 is 17.7 Å². The average Bonchev–Trinajstić information content (AvgIpc) is 3.44. The third kappa shape index (κ3) is 10.8. The van der Waals surface area contributed by atoms with Crippen LogP contribution >= 0.6 is 0 Å². The van der Waals surface area contributed by atoms with E-state index in [1.165, 1.54) is 12.6 Å². The monoisotopic (exact) mass is 589 g/mol. The molecule has 1 aromatic heterocycles. The molecule has 4 atom stereocenters. The van der Waals surface area contributed by atoms with Crippen LogP contribution in [0.2, 0.25) is 0 Å². The summed E-state index contributed by atoms with van der Waals surface area (Å²) in [7, 11) is 3.80. The number of Topliss-reactive ketones (excluding diaryl/α,β-unsaturated/α-hetero) is 1. The van der Waals surface area contributed by atoms with Gasteiger partial charge in [-0.25, -0.2) is 4.68 Å². The fourth-order valence-corrected chi connectivity index (χ4v) is 5.91. The van der Waals surface area contributed by atoms with Crippen molar-refractivity contribution in [3.05, 3.63) is 23.7 Å². The Morgan fingerprint density at radius 3 is 2.52 bits per heavy atom. The van der Waals surface area contributed by atoms with E-state index in [-0.39, 0.29) is 29.3 Å². The van der Waals surface area contributed by atoms with Crippen LogP contribution < -0.4 is 0 Å². The molecular weight excluding hydrogens is 538 g/mol. The van der Waals surface area contributed by atoms with Gasteiger partial charge < -0.3 is 24.4 Å². The Morgan fingerprint density at radius 1 is 1.07 bits per heavy atom. The molecule has 2 aliphatic rings. The quantitative estimate of drug-likeness (QED) is 0.147. The first-order chi connectivity index (χ1) is 20.1. The van der Waals surface area contributed by atoms with Crippen LogP contribution in [0.5, 0.6) is 0 Å². The first-order valence-electron chi connectivity index (χ1n) is 15.5. The molecule has 0 saturated heterocycles. The fraction of sp³-hybridized carbons (Fsp3) is 0.774. The van der Waals surface area contributed by atoms with E-state index >= 15 is 0 Å². The SMILES string of the molecule is C=C(O)CC(C)C(=O)CCCN(C)CCn1nnc2c1CC[C@@H]1C(COC(=O)CCCOCCN(C)C(C)=O)[C@@H]1CC2. The number of esters is 1. The van der Waals surface area contributed by atoms with Crippen molar-refractivity contribution in [1.82, 2.24) is 24.8 Å². The predicted molar refractivity (Wildman–Crippen MR) is 159 cm³/mol. The van der Waals surface area contributed by atoms with E-state index in [1.54, 1.807) is 11.9 Å². The standard InChI is InChI=1S/C31H51N5O6/c1-22(20-23(2)37)30(39)8-6-14-34(4)15-16-36-29-13-11-26-25(10-12-28(29)32-33-36)27(26)21-42-31(40)9-7-18-41-19-17-35(5)24(3)38/h22,25-27,37H,2,6-21H2,1,3-5H3/t22?,25-,26+,27?/m1/s1. The number of rotatable bonds is 19. The molecule has 1 N–H and O–H groups in total. The number of aryl methyl sites for hydroxylation is 1. The van der Waals surface area contributed by atoms with Crippen molar-refractivity contribution in [3.8, 4) is 0 Å². The van der Waals surface area contributed by atoms with Gasteiger partial charge in [0.05, 0.1) is 36.9 Å². The minimum absolute atomic E-state index is 0.0101. The molecule has 1 amide bonds. The number of amides is 1. The number of likely N-dealkylation sites (N-methyl/N-ethyl adjacent to an activating group) is 2. The maximum atomic E-state index is 12.2. The second-order valence-corrected chi connectivity index (χ2v) is 12.2. The van der Waals surface area contributed by atoms with Gasteiger partial charge in [0, 0.05) is 58.8 Å². The molecule has 0 bridgehead atoms. The molecule has 11 nitrogen and oxygen atoms in total. The summed E-state index contributed by atoms with van der Waals surface area (Å²) in [4.78, 5) is 39.5. The van der Waals surface area contributed by atoms with Crippen molar-refractivity contribution in [2.75, 3.05) is 53.6 Å². The number of carbonyl (C=O) groups excluding carboxylic acids is 3. The number of allylic oxidation sites excluding steroid dienone is 1. The Bertz CT molecular complexity index is 1060. The van der Waals surface area contributed by atoms with Crippen LogP contribution in [0.4, 0.5) is 0 Å². The molecule has 0 radical (unpaired) electrons. The van der Waals surface area contributed by atoms with E-state index in [0.717, 1.165) is 57.4 Å². The normalized spacial score (nSPS) is 20.2. The number of ketones is 1. The highest BCUT2D eigenvalue weighted by Crippen LogP contribution is 2.52. The van der Waals surface area contributed by atoms with E-state index < -0.39 is 0 Å². The van der Waals surface area contributed by atoms with Crippen LogP contribution in [0.1, 0.15) is 70.2 Å². The maximum absolute atomic E-state index is 12.2. The number of aliphatic hydroxyl groups excluding tert-OH is 1. The second kappa shape index (κ2) is 16.7. The zero-order valence-electron chi connectivity index (χ0n) is 26.1. The van der Waals surface area contributed by atoms with Gasteiger partial charge in [0.1, 0.15) is 5.78 Å². The van der Waals surface area contributed by atoms with Crippen LogP contribution in [-0.4, -0.2) is 101 Å². The molecule has 236 valence electrons. The highest BCUT2D eigenvalue weighted by atomic mass is 16.5. The van der Waals surface area contributed by atoms with Crippen molar-refractivity contribution in [2.45, 2.75) is 78.2 Å². The van der Waals surface area contributed by atoms with Crippen molar-refractivity contribution in [3.63, 3.8) is 0 Å². The number of carbonyl (C=O) groups is 3. The number of nitrogens with zero attached hydrogens (tertiary/aromatic N) is 5. The molecule has 1 fully saturated rings. The maximum Gasteiger partial charge on any atom is 0.305 e. The highest BCUT2D eigenvalue weighted by molar-refractivity contribution is 5.80. The average molecular weight is 590 g/mol. The van der Waals surface area contributed by atoms with Gasteiger partial charge in [-0.05, 0) is 69.9 Å². The number of ether oxygens (including phenoxy) is 2. The van der Waals surface area contributed by atoms with Gasteiger partial charge in [0.2, 0.25) is 5.91 Å². The molecule has 2 unspecified atom stereocenters. The van der Waals surface area contributed by atoms with Crippen LogP contribution in [-0.2, 0) is 43.2 Å². The van der Waals surface area contributed by atoms with Gasteiger partial charge in [-0.3, -0.25) is 14.4 Å². The lowest BCUT2D eigenvalue weighted by Crippen LogP contribution is -2.27. The molecule has 0 aliphatic heterocycles. The van der Waals surface area contributed by atoms with Gasteiger partial charge in [0.15, 0.2) is 0 Å². The number of hydrogen-bond donors (Lipinski definition) is 1. The summed E-state index contributed by atoms with van der Waals surface area (Å²) in [6, 6.07) is 0. The molecule has 1 saturated carbocycles. The second-order valence-electron chi connectivity index (χ2n) is 12.2. The summed E-state index contributed by atoms with van der Waals surface area (Å²) in [6.45, 7) is 11.2. The smallest absolute Gasteiger partial charge is 0.305 e. The lowest BCUT2D eigenvalue weighted by atomic mass is 9.98. The van der Waals surface area contributed by atoms with Crippen LogP contribution in [0.25, 0.3) is 0 Å². The summed E-state index contributed by atoms with van der Waals surface area (Å²) < 4.78 is 13.2. The van der Waals surface area contributed by atoms with Crippen LogP contribution in [0, 0.1) is 23.7 Å². The molecule has 3 rings (SSSR count). The summed E-state index contributed by atoms with van der Waals surface area (Å²) in [5.41, 5.74) is 2.32. The van der Waals surface area contributed by atoms with E-state index in [1.807, 2.05) is 11.6 Å². The third-order valence-electron chi connectivity index (χ3n) is 8.82. The first-order valence-corrected chi connectivity index (χ1v) is 15.5. The topological polar surface area (TPSA) is 127 Å². The summed E-state index contributed by atoms with van der Waals surface area (Å²) in [6.07, 6.45) is 6.55. The van der Waals surface area contributed by atoms with E-state index in [0.29, 0.717) is 69.8 Å². The Hall–Kier alpha value is -2.79. The molecule has 2 aliphatic carbocycles. The molecular formula is C31H51N5O6. The van der Waals surface area contributed by atoms with E-state index in [4.69, 9.17) is 9.47 Å². The van der Waals surface area contributed by atoms with Crippen molar-refractivity contribution < 1.29 is 29.0 Å². The Kier molecular flexibility index (Phi) is 13.4. The fourth-order valence-electron chi connectivity index (χ4n) is 5.91. The van der Waals surface area contributed by atoms with Crippen LogP contribution in [0.15, 0.2) is 12.3 Å². The van der Waals surface area contributed by atoms with Gasteiger partial charge in [-0.15, -0.1) is 5.10 Å². The summed E-state index contributed by atoms with van der Waals surface area (Å²) >= 11 is 0. The molecule has 11 heteroatoms. The number of hydrogen-bond acceptors (Lipinski definition) is 9. The zero-order valence-corrected chi connectivity index (χ0v) is 26.1. The first kappa shape index (κ1) is 33.7. The van der Waals surface area contributed by atoms with E-state index in [2.05, 4.69) is 28.8 Å². The van der Waals surface area contributed by atoms with Crippen LogP contribution in [0.3, 0.4) is 0 Å². The lowest BCUT2D eigenvalue weighted by Gasteiger charge is -2.18. The third-order valence-corrected chi connectivity index (χ3v) is 8.82. The molecule has 1 heterocycles. The number of aromatic nitrogens is 3. The van der Waals surface area contributed by atoms with Crippen molar-refractivity contribution in [1.29, 1.82) is 0 Å². The lowest BCUT2D eigenvalue weighted by molar-refractivity contribution is -0.144. The number of fused-ring (bicyclic) bond motifs is 2. The summed E-state index contributed by atoms with van der Waals surface area (Å²) in [5, 5.41) is 18.3. The zero-order chi connectivity index (χ0) is 30.6. The predicted octanol–water partition coefficient (Wildman–Crippen LogP) is 3.22. The van der Waals surface area contributed by atoms with Gasteiger partial charge in [0.25, 0.3) is 0 Å². The largest absolute Gasteiger partial charge is 0.513 e. The van der Waals surface area contributed by atoms with Gasteiger partial charge in [-0.1, -0.05) is 18.7 Å². The molecule has 42 heavy (non-hydrogen) atoms. The molecule has 0 spiro atoms. The molecule has 0 aromatic carbocycles. The minimum Gasteiger partial charge on any atom is -0.513 e. The van der Waals surface area contributed by atoms with Crippen molar-refractivity contribution in [2.24, 2.45) is 23.7 Å². The Morgan fingerprint density at radius 2 is 1.81 bits per heavy atom. The Balaban J connectivity index is 1.31. The summed E-state index contributed by atoms with van der Waals surface area (Å²) in [5.74, 6) is 1.49. The molecule has 1 aromatic rings. The van der Waals surface area contributed by atoms with Gasteiger partial charge >= 0.3 is 5.97 Å². The number of aliphatic hydroxyl groups is 1. The van der Waals surface area contributed by atoms with E-state index in [9.17, 15) is 19.5 Å². The Labute approximate surface area is 250 Å². The minimum atomic E-state index is -0.191. The van der Waals surface area contributed by atoms with Gasteiger partial charge in [-0.2, -0.15) is 0 Å². The highest BCUT2D eigenvalue weighted by Gasteiger charge is 2.50.